The number of likely N-dealkylation sites (tertiary alicyclic amines) is 1. The molecule has 8 heteroatoms. The Bertz CT molecular complexity index is 1120. The highest BCUT2D eigenvalue weighted by Crippen LogP contribution is 2.44. The molecule has 4 rings (SSSR count). The third kappa shape index (κ3) is 6.53. The Labute approximate surface area is 224 Å². The molecule has 2 aliphatic rings. The smallest absolute Gasteiger partial charge is 0.404 e. The van der Waals surface area contributed by atoms with Gasteiger partial charge in [0.1, 0.15) is 5.82 Å². The number of halogens is 1. The maximum absolute atomic E-state index is 15.5. The van der Waals surface area contributed by atoms with Crippen molar-refractivity contribution in [3.05, 3.63) is 59.4 Å². The zero-order chi connectivity index (χ0) is 27.1. The summed E-state index contributed by atoms with van der Waals surface area (Å²) in [5.74, 6) is -0.635. The topological polar surface area (TPSA) is 102 Å². The summed E-state index contributed by atoms with van der Waals surface area (Å²) in [6.45, 7) is 4.19. The largest absolute Gasteiger partial charge is 0.465 e. The van der Waals surface area contributed by atoms with E-state index in [4.69, 9.17) is 5.11 Å². The number of carbonyl (C=O) groups excluding carboxylic acids is 1. The fraction of sp³-hybridized carbons (Fsp3) is 0.533. The van der Waals surface area contributed by atoms with Crippen LogP contribution in [0.25, 0.3) is 11.1 Å². The average molecular weight is 526 g/mol. The second-order valence-electron chi connectivity index (χ2n) is 10.7. The molecule has 38 heavy (non-hydrogen) atoms. The van der Waals surface area contributed by atoms with Crippen LogP contribution in [0.5, 0.6) is 0 Å². The van der Waals surface area contributed by atoms with Gasteiger partial charge < -0.3 is 25.7 Å². The van der Waals surface area contributed by atoms with Gasteiger partial charge in [0.05, 0.1) is 5.60 Å². The molecule has 0 saturated carbocycles. The Morgan fingerprint density at radius 1 is 1.18 bits per heavy atom. The maximum atomic E-state index is 15.5. The number of amides is 2. The van der Waals surface area contributed by atoms with Crippen molar-refractivity contribution < 1.29 is 24.2 Å². The highest BCUT2D eigenvalue weighted by molar-refractivity contribution is 5.77. The number of nitrogens with zero attached hydrogens (tertiary/aromatic N) is 1. The number of benzene rings is 2. The number of piperidine rings is 1. The molecule has 7 nitrogen and oxygen atoms in total. The van der Waals surface area contributed by atoms with Crippen LogP contribution in [0.4, 0.5) is 9.18 Å². The standard InChI is InChI=1S/C30H40FN3O4/c1-2-21-8-3-9-22(18-21)28-25(12-4-13-26(28)31)30(38,14-7-16-33-29(36)37)23-10-6-17-34(20-23)27(35)19-24-11-5-15-32-24/h3-4,8-9,12-13,18,23-24,32-33,38H,2,5-7,10-11,14-17,19-20H2,1H3,(H,36,37)/t23-,24+,30+/m1/s1. The highest BCUT2D eigenvalue weighted by Gasteiger charge is 2.43. The van der Waals surface area contributed by atoms with E-state index < -0.39 is 17.5 Å². The SMILES string of the molecule is CCc1cccc(-c2c(F)cccc2[C@](O)(CCCNC(=O)O)[C@@H]2CCCN(C(=O)C[C@@H]3CCCN3)C2)c1. The van der Waals surface area contributed by atoms with Gasteiger partial charge in [0.15, 0.2) is 0 Å². The normalized spacial score (nSPS) is 21.2. The number of carboxylic acid groups (broad SMARTS) is 1. The molecule has 206 valence electrons. The molecule has 2 amide bonds. The van der Waals surface area contributed by atoms with Crippen molar-refractivity contribution in [2.24, 2.45) is 5.92 Å². The molecule has 0 bridgehead atoms. The summed E-state index contributed by atoms with van der Waals surface area (Å²) in [4.78, 5) is 26.1. The van der Waals surface area contributed by atoms with Gasteiger partial charge >= 0.3 is 6.09 Å². The first-order chi connectivity index (χ1) is 18.3. The number of aryl methyl sites for hydroxylation is 1. The first-order valence-electron chi connectivity index (χ1n) is 13.9. The van der Waals surface area contributed by atoms with Crippen molar-refractivity contribution in [3.63, 3.8) is 0 Å². The molecular weight excluding hydrogens is 485 g/mol. The Morgan fingerprint density at radius 2 is 2.00 bits per heavy atom. The van der Waals surface area contributed by atoms with E-state index in [2.05, 4.69) is 10.6 Å². The van der Waals surface area contributed by atoms with Crippen LogP contribution >= 0.6 is 0 Å². The lowest BCUT2D eigenvalue weighted by Crippen LogP contribution is -2.49. The van der Waals surface area contributed by atoms with Crippen LogP contribution in [0.3, 0.4) is 0 Å². The molecule has 2 aromatic rings. The molecule has 0 aliphatic carbocycles. The van der Waals surface area contributed by atoms with Crippen molar-refractivity contribution in [2.45, 2.75) is 69.9 Å². The summed E-state index contributed by atoms with van der Waals surface area (Å²) in [5, 5.41) is 27.2. The molecule has 3 atom stereocenters. The van der Waals surface area contributed by atoms with Crippen molar-refractivity contribution >= 4 is 12.0 Å². The van der Waals surface area contributed by atoms with Crippen LogP contribution in [0.15, 0.2) is 42.5 Å². The minimum atomic E-state index is -1.44. The summed E-state index contributed by atoms with van der Waals surface area (Å²) in [7, 11) is 0. The van der Waals surface area contributed by atoms with E-state index in [1.54, 1.807) is 12.1 Å². The predicted molar refractivity (Wildman–Crippen MR) is 145 cm³/mol. The van der Waals surface area contributed by atoms with Gasteiger partial charge in [-0.3, -0.25) is 4.79 Å². The van der Waals surface area contributed by atoms with E-state index in [1.165, 1.54) is 6.07 Å². The Morgan fingerprint density at radius 3 is 2.74 bits per heavy atom. The van der Waals surface area contributed by atoms with Gasteiger partial charge in [-0.05, 0) is 74.2 Å². The third-order valence-electron chi connectivity index (χ3n) is 8.15. The van der Waals surface area contributed by atoms with Crippen molar-refractivity contribution in [2.75, 3.05) is 26.2 Å². The number of carbonyl (C=O) groups is 2. The van der Waals surface area contributed by atoms with Gasteiger partial charge in [-0.25, -0.2) is 9.18 Å². The molecule has 2 fully saturated rings. The number of aliphatic hydroxyl groups is 1. The van der Waals surface area contributed by atoms with E-state index in [9.17, 15) is 14.7 Å². The number of hydrogen-bond acceptors (Lipinski definition) is 4. The van der Waals surface area contributed by atoms with E-state index in [-0.39, 0.29) is 30.8 Å². The minimum Gasteiger partial charge on any atom is -0.465 e. The van der Waals surface area contributed by atoms with Gasteiger partial charge in [-0.2, -0.15) is 0 Å². The van der Waals surface area contributed by atoms with E-state index in [0.717, 1.165) is 37.8 Å². The van der Waals surface area contributed by atoms with Gasteiger partial charge in [0, 0.05) is 43.6 Å². The molecular formula is C30H40FN3O4. The zero-order valence-corrected chi connectivity index (χ0v) is 22.2. The molecule has 2 saturated heterocycles. The number of hydrogen-bond donors (Lipinski definition) is 4. The summed E-state index contributed by atoms with van der Waals surface area (Å²) in [6.07, 6.45) is 4.27. The van der Waals surface area contributed by atoms with E-state index >= 15 is 4.39 Å². The first kappa shape index (κ1) is 28.0. The Balaban J connectivity index is 1.67. The molecule has 2 aromatic carbocycles. The Hall–Kier alpha value is -2.97. The number of nitrogens with one attached hydrogen (secondary N) is 2. The van der Waals surface area contributed by atoms with Crippen molar-refractivity contribution in [1.29, 1.82) is 0 Å². The second kappa shape index (κ2) is 12.7. The average Bonchev–Trinajstić information content (AvgIpc) is 3.44. The van der Waals surface area contributed by atoms with Crippen LogP contribution in [0, 0.1) is 11.7 Å². The van der Waals surface area contributed by atoms with Gasteiger partial charge in [-0.15, -0.1) is 0 Å². The van der Waals surface area contributed by atoms with Crippen LogP contribution < -0.4 is 10.6 Å². The number of rotatable bonds is 10. The lowest BCUT2D eigenvalue weighted by atomic mass is 9.72. The summed E-state index contributed by atoms with van der Waals surface area (Å²) in [6, 6.07) is 12.7. The van der Waals surface area contributed by atoms with Crippen molar-refractivity contribution in [3.8, 4) is 11.1 Å². The van der Waals surface area contributed by atoms with Crippen molar-refractivity contribution in [1.82, 2.24) is 15.5 Å². The van der Waals surface area contributed by atoms with Crippen LogP contribution in [0.2, 0.25) is 0 Å². The van der Waals surface area contributed by atoms with Crippen LogP contribution in [-0.2, 0) is 16.8 Å². The molecule has 4 N–H and O–H groups in total. The molecule has 0 spiro atoms. The quantitative estimate of drug-likeness (QED) is 0.338. The molecule has 2 heterocycles. The Kier molecular flexibility index (Phi) is 9.39. The maximum Gasteiger partial charge on any atom is 0.404 e. The monoisotopic (exact) mass is 525 g/mol. The van der Waals surface area contributed by atoms with Gasteiger partial charge in [0.2, 0.25) is 5.91 Å². The van der Waals surface area contributed by atoms with Gasteiger partial charge in [-0.1, -0.05) is 43.3 Å². The molecule has 0 radical (unpaired) electrons. The fourth-order valence-corrected chi connectivity index (χ4v) is 6.10. The highest BCUT2D eigenvalue weighted by atomic mass is 19.1. The summed E-state index contributed by atoms with van der Waals surface area (Å²) < 4.78 is 15.5. The van der Waals surface area contributed by atoms with E-state index in [0.29, 0.717) is 49.0 Å². The van der Waals surface area contributed by atoms with Crippen LogP contribution in [-0.4, -0.2) is 59.3 Å². The lowest BCUT2D eigenvalue weighted by Gasteiger charge is -2.44. The zero-order valence-electron chi connectivity index (χ0n) is 22.2. The summed E-state index contributed by atoms with van der Waals surface area (Å²) in [5.41, 5.74) is 1.20. The van der Waals surface area contributed by atoms with Gasteiger partial charge in [0.25, 0.3) is 0 Å². The predicted octanol–water partition coefficient (Wildman–Crippen LogP) is 4.67. The lowest BCUT2D eigenvalue weighted by molar-refractivity contribution is -0.137. The minimum absolute atomic E-state index is 0.0825. The third-order valence-corrected chi connectivity index (χ3v) is 8.15. The molecule has 0 aromatic heterocycles. The second-order valence-corrected chi connectivity index (χ2v) is 10.7. The molecule has 0 unspecified atom stereocenters. The molecule has 2 aliphatic heterocycles. The van der Waals surface area contributed by atoms with Crippen LogP contribution in [0.1, 0.15) is 63.0 Å². The first-order valence-corrected chi connectivity index (χ1v) is 13.9. The fourth-order valence-electron chi connectivity index (χ4n) is 6.10. The summed E-state index contributed by atoms with van der Waals surface area (Å²) >= 11 is 0. The van der Waals surface area contributed by atoms with E-state index in [1.807, 2.05) is 36.1 Å².